The van der Waals surface area contributed by atoms with E-state index in [0.29, 0.717) is 5.92 Å². The highest BCUT2D eigenvalue weighted by atomic mass is 127. The molecule has 21 heavy (non-hydrogen) atoms. The van der Waals surface area contributed by atoms with Gasteiger partial charge in [0, 0.05) is 33.1 Å². The fourth-order valence-electron chi connectivity index (χ4n) is 1.81. The van der Waals surface area contributed by atoms with Crippen molar-refractivity contribution >= 4 is 29.9 Å². The number of likely N-dealkylation sites (N-methyl/N-ethyl adjacent to an activating group) is 1. The van der Waals surface area contributed by atoms with E-state index in [1.165, 1.54) is 0 Å². The number of nitrogens with zero attached hydrogens (tertiary/aromatic N) is 2. The largest absolute Gasteiger partial charge is 0.469 e. The Morgan fingerprint density at radius 2 is 2.19 bits per heavy atom. The molecule has 0 unspecified atom stereocenters. The van der Waals surface area contributed by atoms with E-state index in [2.05, 4.69) is 35.6 Å². The molecular formula is C16H28IN3O. The summed E-state index contributed by atoms with van der Waals surface area (Å²) in [6.07, 6.45) is 2.56. The summed E-state index contributed by atoms with van der Waals surface area (Å²) in [7, 11) is 2.04. The molecule has 1 heterocycles. The van der Waals surface area contributed by atoms with Gasteiger partial charge in [0.1, 0.15) is 5.76 Å². The highest BCUT2D eigenvalue weighted by Crippen LogP contribution is 2.01. The van der Waals surface area contributed by atoms with Crippen molar-refractivity contribution in [1.29, 1.82) is 0 Å². The molecule has 0 aliphatic heterocycles. The van der Waals surface area contributed by atoms with Crippen molar-refractivity contribution in [2.24, 2.45) is 10.9 Å². The maximum absolute atomic E-state index is 5.33. The van der Waals surface area contributed by atoms with Gasteiger partial charge in [0.25, 0.3) is 0 Å². The normalized spacial score (nSPS) is 11.2. The van der Waals surface area contributed by atoms with Crippen LogP contribution in [0.25, 0.3) is 0 Å². The molecule has 0 aliphatic rings. The lowest BCUT2D eigenvalue weighted by Gasteiger charge is -2.22. The van der Waals surface area contributed by atoms with Crippen LogP contribution < -0.4 is 5.32 Å². The second kappa shape index (κ2) is 10.7. The van der Waals surface area contributed by atoms with E-state index < -0.39 is 0 Å². The summed E-state index contributed by atoms with van der Waals surface area (Å²) < 4.78 is 5.33. The molecule has 120 valence electrons. The number of rotatable bonds is 7. The van der Waals surface area contributed by atoms with E-state index in [9.17, 15) is 0 Å². The van der Waals surface area contributed by atoms with Crippen molar-refractivity contribution in [3.63, 3.8) is 0 Å². The summed E-state index contributed by atoms with van der Waals surface area (Å²) >= 11 is 0. The third-order valence-electron chi connectivity index (χ3n) is 2.71. The molecular weight excluding hydrogens is 377 g/mol. The monoisotopic (exact) mass is 405 g/mol. The zero-order chi connectivity index (χ0) is 15.0. The topological polar surface area (TPSA) is 40.8 Å². The molecule has 1 aromatic heterocycles. The lowest BCUT2D eigenvalue weighted by molar-refractivity contribution is 0.491. The number of hydrogen-bond acceptors (Lipinski definition) is 2. The number of aliphatic imine (C=N–C) groups is 1. The van der Waals surface area contributed by atoms with E-state index in [-0.39, 0.29) is 24.0 Å². The predicted molar refractivity (Wildman–Crippen MR) is 100 cm³/mol. The number of furan rings is 1. The quantitative estimate of drug-likeness (QED) is 0.327. The number of nitrogens with one attached hydrogen (secondary N) is 1. The summed E-state index contributed by atoms with van der Waals surface area (Å²) in [5.74, 6) is 2.46. The molecule has 0 atom stereocenters. The van der Waals surface area contributed by atoms with Crippen molar-refractivity contribution in [1.82, 2.24) is 10.2 Å². The number of hydrogen-bond donors (Lipinski definition) is 1. The van der Waals surface area contributed by atoms with Gasteiger partial charge in [-0.05, 0) is 25.0 Å². The fourth-order valence-corrected chi connectivity index (χ4v) is 1.81. The molecule has 1 N–H and O–H groups in total. The van der Waals surface area contributed by atoms with Gasteiger partial charge in [-0.1, -0.05) is 26.0 Å². The Morgan fingerprint density at radius 3 is 2.71 bits per heavy atom. The van der Waals surface area contributed by atoms with Crippen LogP contribution in [0.5, 0.6) is 0 Å². The third-order valence-corrected chi connectivity index (χ3v) is 2.71. The number of halogens is 1. The Hall–Kier alpha value is -0.980. The minimum Gasteiger partial charge on any atom is -0.469 e. The molecule has 1 aromatic rings. The first-order valence-electron chi connectivity index (χ1n) is 7.15. The molecule has 0 saturated heterocycles. The molecule has 0 bridgehead atoms. The molecule has 1 rings (SSSR count). The standard InChI is InChI=1S/C16H27N3O.HI/c1-13(2)11-18-16(19(5)12-14(3)4)17-9-8-15-7-6-10-20-15;/h6-7,10,13H,3,8-9,11-12H2,1-2,4-5H3,(H,17,18);1H. The van der Waals surface area contributed by atoms with Crippen LogP contribution in [-0.2, 0) is 6.42 Å². The maximum Gasteiger partial charge on any atom is 0.193 e. The van der Waals surface area contributed by atoms with Gasteiger partial charge in [-0.15, -0.1) is 24.0 Å². The zero-order valence-corrected chi connectivity index (χ0v) is 15.9. The smallest absolute Gasteiger partial charge is 0.193 e. The van der Waals surface area contributed by atoms with Crippen LogP contribution in [0.4, 0.5) is 0 Å². The minimum absolute atomic E-state index is 0. The first kappa shape index (κ1) is 20.0. The Labute approximate surface area is 145 Å². The van der Waals surface area contributed by atoms with Crippen LogP contribution in [0.2, 0.25) is 0 Å². The average Bonchev–Trinajstić information content (AvgIpc) is 2.85. The second-order valence-corrected chi connectivity index (χ2v) is 5.63. The first-order valence-corrected chi connectivity index (χ1v) is 7.15. The van der Waals surface area contributed by atoms with E-state index >= 15 is 0 Å². The van der Waals surface area contributed by atoms with Gasteiger partial charge < -0.3 is 14.6 Å². The molecule has 0 spiro atoms. The van der Waals surface area contributed by atoms with Crippen molar-refractivity contribution in [2.45, 2.75) is 27.2 Å². The van der Waals surface area contributed by atoms with Gasteiger partial charge in [-0.2, -0.15) is 0 Å². The Bertz CT molecular complexity index is 427. The van der Waals surface area contributed by atoms with Crippen LogP contribution >= 0.6 is 24.0 Å². The summed E-state index contributed by atoms with van der Waals surface area (Å²) in [5, 5.41) is 3.39. The lowest BCUT2D eigenvalue weighted by Crippen LogP contribution is -2.40. The molecule has 0 saturated carbocycles. The molecule has 4 nitrogen and oxygen atoms in total. The molecule has 5 heteroatoms. The van der Waals surface area contributed by atoms with E-state index in [1.54, 1.807) is 6.26 Å². The highest BCUT2D eigenvalue weighted by Gasteiger charge is 2.07. The molecule has 0 aliphatic carbocycles. The van der Waals surface area contributed by atoms with Gasteiger partial charge in [0.2, 0.25) is 0 Å². The third kappa shape index (κ3) is 8.80. The molecule has 0 aromatic carbocycles. The van der Waals surface area contributed by atoms with Crippen LogP contribution in [-0.4, -0.2) is 37.5 Å². The SMILES string of the molecule is C=C(C)CN(C)C(=NCC(C)C)NCCc1ccco1.I. The minimum atomic E-state index is 0. The summed E-state index contributed by atoms with van der Waals surface area (Å²) in [4.78, 5) is 6.76. The lowest BCUT2D eigenvalue weighted by atomic mass is 10.2. The van der Waals surface area contributed by atoms with Gasteiger partial charge >= 0.3 is 0 Å². The van der Waals surface area contributed by atoms with E-state index in [0.717, 1.165) is 43.3 Å². The van der Waals surface area contributed by atoms with Gasteiger partial charge in [-0.25, -0.2) is 0 Å². The Morgan fingerprint density at radius 1 is 1.48 bits per heavy atom. The number of guanidine groups is 1. The molecule has 0 fully saturated rings. The highest BCUT2D eigenvalue weighted by molar-refractivity contribution is 14.0. The second-order valence-electron chi connectivity index (χ2n) is 5.63. The summed E-state index contributed by atoms with van der Waals surface area (Å²) in [5.41, 5.74) is 1.12. The maximum atomic E-state index is 5.33. The van der Waals surface area contributed by atoms with Crippen LogP contribution in [0, 0.1) is 5.92 Å². The van der Waals surface area contributed by atoms with E-state index in [4.69, 9.17) is 4.42 Å². The van der Waals surface area contributed by atoms with Crippen LogP contribution in [0.3, 0.4) is 0 Å². The first-order chi connectivity index (χ1) is 9.49. The van der Waals surface area contributed by atoms with E-state index in [1.807, 2.05) is 26.1 Å². The van der Waals surface area contributed by atoms with Gasteiger partial charge in [-0.3, -0.25) is 4.99 Å². The van der Waals surface area contributed by atoms with Crippen LogP contribution in [0.15, 0.2) is 40.0 Å². The van der Waals surface area contributed by atoms with Gasteiger partial charge in [0.05, 0.1) is 6.26 Å². The van der Waals surface area contributed by atoms with Crippen LogP contribution in [0.1, 0.15) is 26.5 Å². The van der Waals surface area contributed by atoms with Crippen molar-refractivity contribution in [3.8, 4) is 0 Å². The average molecular weight is 405 g/mol. The molecule has 0 amide bonds. The van der Waals surface area contributed by atoms with Crippen molar-refractivity contribution < 1.29 is 4.42 Å². The summed E-state index contributed by atoms with van der Waals surface area (Å²) in [6, 6.07) is 3.90. The fraction of sp³-hybridized carbons (Fsp3) is 0.562. The molecule has 0 radical (unpaired) electrons. The van der Waals surface area contributed by atoms with Gasteiger partial charge in [0.15, 0.2) is 5.96 Å². The Balaban J connectivity index is 0.00000400. The summed E-state index contributed by atoms with van der Waals surface area (Å²) in [6.45, 7) is 12.8. The Kier molecular flexibility index (Phi) is 10.2. The van der Waals surface area contributed by atoms with Crippen molar-refractivity contribution in [3.05, 3.63) is 36.3 Å². The van der Waals surface area contributed by atoms with Crippen molar-refractivity contribution in [2.75, 3.05) is 26.7 Å². The predicted octanol–water partition coefficient (Wildman–Crippen LogP) is 3.55. The zero-order valence-electron chi connectivity index (χ0n) is 13.6.